The lowest BCUT2D eigenvalue weighted by atomic mass is 9.51. The van der Waals surface area contributed by atoms with E-state index in [9.17, 15) is 28.8 Å². The Kier molecular flexibility index (Phi) is 20.6. The van der Waals surface area contributed by atoms with E-state index in [1.165, 1.54) is 13.8 Å². The van der Waals surface area contributed by atoms with E-state index in [1.54, 1.807) is 0 Å². The SMILES string of the molecule is C=C(C)C(=O)OCCOC(=O)NCC(C)(C)CC(C)CCNC(=O)OC1C(C)(C)C(OC(=O)NCCC(C)CC(C)(C)CNC(=O)OCCOC(=O)C(=C)C)C1(C)C. The molecule has 0 aromatic carbocycles. The molecule has 0 spiro atoms. The highest BCUT2D eigenvalue weighted by molar-refractivity contribution is 5.87. The third-order valence-electron chi connectivity index (χ3n) is 9.99. The van der Waals surface area contributed by atoms with Gasteiger partial charge >= 0.3 is 36.3 Å². The molecule has 0 saturated heterocycles. The lowest BCUT2D eigenvalue weighted by Gasteiger charge is -2.61. The number of alkyl carbamates (subject to hydrolysis) is 4. The van der Waals surface area contributed by atoms with Crippen LogP contribution in [0.3, 0.4) is 0 Å². The standard InChI is InChI=1S/C42H72N4O12/c1-27(2)31(47)53-19-21-55-35(49)45-25-39(7,8)23-29(5)15-17-43-37(51)57-33-41(11,12)34(42(33,13)14)58-38(52)44-18-16-30(6)24-40(9,10)26-46-36(50)56-22-20-54-32(48)28(3)4/h29-30,33-34H,1,3,15-26H2,2,4-14H3,(H,43,51)(H,44,52)(H,45,49)(H,46,50). The Balaban J connectivity index is 2.39. The third kappa shape index (κ3) is 18.8. The van der Waals surface area contributed by atoms with Crippen LogP contribution in [0.15, 0.2) is 24.3 Å². The van der Waals surface area contributed by atoms with Crippen LogP contribution in [0.5, 0.6) is 0 Å². The van der Waals surface area contributed by atoms with E-state index >= 15 is 0 Å². The molecule has 1 saturated carbocycles. The predicted octanol–water partition coefficient (Wildman–Crippen LogP) is 6.82. The van der Waals surface area contributed by atoms with Crippen LogP contribution < -0.4 is 21.3 Å². The zero-order valence-electron chi connectivity index (χ0n) is 37.1. The molecule has 0 aromatic heterocycles. The van der Waals surface area contributed by atoms with Crippen molar-refractivity contribution < 1.29 is 57.2 Å². The molecule has 0 aliphatic heterocycles. The third-order valence-corrected chi connectivity index (χ3v) is 9.99. The first kappa shape index (κ1) is 51.5. The predicted molar refractivity (Wildman–Crippen MR) is 219 cm³/mol. The molecule has 0 bridgehead atoms. The fourth-order valence-corrected chi connectivity index (χ4v) is 7.59. The van der Waals surface area contributed by atoms with E-state index in [2.05, 4.69) is 48.3 Å². The summed E-state index contributed by atoms with van der Waals surface area (Å²) >= 11 is 0. The first-order valence-corrected chi connectivity index (χ1v) is 20.1. The van der Waals surface area contributed by atoms with Gasteiger partial charge < -0.3 is 49.7 Å². The molecule has 4 amide bonds. The summed E-state index contributed by atoms with van der Waals surface area (Å²) in [6.45, 7) is 31.3. The van der Waals surface area contributed by atoms with Crippen LogP contribution in [0.4, 0.5) is 19.2 Å². The highest BCUT2D eigenvalue weighted by atomic mass is 16.6. The van der Waals surface area contributed by atoms with E-state index in [0.29, 0.717) is 39.0 Å². The molecule has 1 aliphatic rings. The second-order valence-corrected chi connectivity index (χ2v) is 18.4. The summed E-state index contributed by atoms with van der Waals surface area (Å²) in [5.74, 6) is -0.625. The molecule has 1 fully saturated rings. The van der Waals surface area contributed by atoms with Crippen molar-refractivity contribution in [2.24, 2.45) is 33.5 Å². The van der Waals surface area contributed by atoms with Crippen molar-refractivity contribution in [3.8, 4) is 0 Å². The first-order chi connectivity index (χ1) is 26.7. The number of esters is 2. The second-order valence-electron chi connectivity index (χ2n) is 18.4. The van der Waals surface area contributed by atoms with Crippen molar-refractivity contribution in [1.29, 1.82) is 0 Å². The number of hydrogen-bond acceptors (Lipinski definition) is 12. The van der Waals surface area contributed by atoms with Crippen LogP contribution in [0.1, 0.15) is 109 Å². The van der Waals surface area contributed by atoms with E-state index in [4.69, 9.17) is 28.4 Å². The van der Waals surface area contributed by atoms with Crippen molar-refractivity contribution in [3.63, 3.8) is 0 Å². The van der Waals surface area contributed by atoms with Gasteiger partial charge in [-0.25, -0.2) is 28.8 Å². The van der Waals surface area contributed by atoms with Crippen LogP contribution in [0.25, 0.3) is 0 Å². The molecule has 58 heavy (non-hydrogen) atoms. The molecule has 2 atom stereocenters. The van der Waals surface area contributed by atoms with E-state index < -0.39 is 59.3 Å². The molecule has 0 aromatic rings. The number of carbonyl (C=O) groups excluding carboxylic acids is 6. The zero-order valence-corrected chi connectivity index (χ0v) is 37.1. The Hall–Kier alpha value is -4.50. The first-order valence-electron chi connectivity index (χ1n) is 20.1. The van der Waals surface area contributed by atoms with Gasteiger partial charge in [0.25, 0.3) is 0 Å². The van der Waals surface area contributed by atoms with Gasteiger partial charge in [0.15, 0.2) is 0 Å². The summed E-state index contributed by atoms with van der Waals surface area (Å²) in [5.41, 5.74) is -1.20. The minimum absolute atomic E-state index is 0.0523. The molecule has 332 valence electrons. The minimum Gasteiger partial charge on any atom is -0.459 e. The Morgan fingerprint density at radius 3 is 1.17 bits per heavy atom. The van der Waals surface area contributed by atoms with Crippen molar-refractivity contribution in [2.45, 2.75) is 121 Å². The highest BCUT2D eigenvalue weighted by Gasteiger charge is 2.66. The largest absolute Gasteiger partial charge is 0.459 e. The fraction of sp³-hybridized carbons (Fsp3) is 0.762. The average Bonchev–Trinajstić information content (AvgIpc) is 3.10. The number of carbonyl (C=O) groups is 6. The number of hydrogen-bond donors (Lipinski definition) is 4. The molecule has 0 heterocycles. The Labute approximate surface area is 345 Å². The normalized spacial score (nSPS) is 17.8. The van der Waals surface area contributed by atoms with Gasteiger partial charge in [-0.3, -0.25) is 0 Å². The van der Waals surface area contributed by atoms with Gasteiger partial charge in [-0.15, -0.1) is 0 Å². The van der Waals surface area contributed by atoms with Crippen LogP contribution in [-0.4, -0.2) is 101 Å². The number of amides is 4. The van der Waals surface area contributed by atoms with E-state index in [0.717, 1.165) is 12.8 Å². The van der Waals surface area contributed by atoms with E-state index in [1.807, 2.05) is 55.4 Å². The maximum Gasteiger partial charge on any atom is 0.407 e. The summed E-state index contributed by atoms with van der Waals surface area (Å²) in [4.78, 5) is 72.6. The average molecular weight is 825 g/mol. The Morgan fingerprint density at radius 2 is 0.862 bits per heavy atom. The summed E-state index contributed by atoms with van der Waals surface area (Å²) < 4.78 is 31.7. The number of rotatable bonds is 24. The van der Waals surface area contributed by atoms with E-state index in [-0.39, 0.29) is 60.2 Å². The fourth-order valence-electron chi connectivity index (χ4n) is 7.59. The van der Waals surface area contributed by atoms with Gasteiger partial charge in [-0.1, -0.05) is 82.4 Å². The lowest BCUT2D eigenvalue weighted by Crippen LogP contribution is -2.70. The molecule has 1 rings (SSSR count). The summed E-state index contributed by atoms with van der Waals surface area (Å²) in [6.07, 6.45) is -0.320. The number of nitrogens with one attached hydrogen (secondary N) is 4. The monoisotopic (exact) mass is 825 g/mol. The van der Waals surface area contributed by atoms with Crippen molar-refractivity contribution in [1.82, 2.24) is 21.3 Å². The van der Waals surface area contributed by atoms with Crippen LogP contribution in [-0.2, 0) is 38.0 Å². The molecule has 4 N–H and O–H groups in total. The maximum atomic E-state index is 12.9. The smallest absolute Gasteiger partial charge is 0.407 e. The summed E-state index contributed by atoms with van der Waals surface area (Å²) in [7, 11) is 0. The second kappa shape index (κ2) is 23.2. The minimum atomic E-state index is -0.626. The Morgan fingerprint density at radius 1 is 0.552 bits per heavy atom. The van der Waals surface area contributed by atoms with Gasteiger partial charge in [-0.05, 0) is 62.2 Å². The van der Waals surface area contributed by atoms with Gasteiger partial charge in [0, 0.05) is 48.2 Å². The maximum absolute atomic E-state index is 12.9. The Bertz CT molecular complexity index is 1320. The quantitative estimate of drug-likeness (QED) is 0.0343. The molecular weight excluding hydrogens is 752 g/mol. The zero-order chi connectivity index (χ0) is 44.5. The van der Waals surface area contributed by atoms with Gasteiger partial charge in [0.05, 0.1) is 0 Å². The van der Waals surface area contributed by atoms with Gasteiger partial charge in [-0.2, -0.15) is 0 Å². The number of ether oxygens (including phenoxy) is 6. The topological polar surface area (TPSA) is 206 Å². The molecule has 16 heteroatoms. The highest BCUT2D eigenvalue weighted by Crippen LogP contribution is 2.57. The van der Waals surface area contributed by atoms with Crippen molar-refractivity contribution in [2.75, 3.05) is 52.6 Å². The summed E-state index contributed by atoms with van der Waals surface area (Å²) in [6, 6.07) is 0. The molecule has 0 radical (unpaired) electrons. The van der Waals surface area contributed by atoms with Crippen LogP contribution in [0.2, 0.25) is 0 Å². The van der Waals surface area contributed by atoms with Crippen molar-refractivity contribution in [3.05, 3.63) is 24.3 Å². The summed E-state index contributed by atoms with van der Waals surface area (Å²) in [5, 5.41) is 11.2. The molecule has 16 nitrogen and oxygen atoms in total. The van der Waals surface area contributed by atoms with Crippen LogP contribution in [0, 0.1) is 33.5 Å². The van der Waals surface area contributed by atoms with Gasteiger partial charge in [0.1, 0.15) is 38.6 Å². The molecular formula is C42H72N4O12. The van der Waals surface area contributed by atoms with Crippen LogP contribution >= 0.6 is 0 Å². The lowest BCUT2D eigenvalue weighted by molar-refractivity contribution is -0.244. The van der Waals surface area contributed by atoms with Crippen molar-refractivity contribution >= 4 is 36.3 Å². The van der Waals surface area contributed by atoms with Gasteiger partial charge in [0.2, 0.25) is 0 Å². The molecule has 1 aliphatic carbocycles. The molecule has 2 unspecified atom stereocenters.